The summed E-state index contributed by atoms with van der Waals surface area (Å²) in [4.78, 5) is 14.2. The Balaban J connectivity index is 0. The van der Waals surface area contributed by atoms with Crippen molar-refractivity contribution in [2.24, 2.45) is 5.73 Å². The third kappa shape index (κ3) is 40.6. The standard InChI is InChI=1S/C4H11NO2.HO3P/c5-1-3-7-4-2-6;1-4(2)3/h6H,1-5H2;(H-,1,2,3)/p+1. The van der Waals surface area contributed by atoms with Gasteiger partial charge in [-0.2, -0.15) is 0 Å². The van der Waals surface area contributed by atoms with Gasteiger partial charge in [0.15, 0.2) is 0 Å². The number of ether oxygens (including phenoxy) is 1. The normalized spacial score (nSPS) is 8.36. The summed E-state index contributed by atoms with van der Waals surface area (Å²) in [6.45, 7) is 1.55. The average Bonchev–Trinajstić information content (AvgIpc) is 1.88. The van der Waals surface area contributed by atoms with Crippen molar-refractivity contribution in [3.05, 3.63) is 0 Å². The van der Waals surface area contributed by atoms with Crippen molar-refractivity contribution in [1.29, 1.82) is 0 Å². The third-order valence-corrected chi connectivity index (χ3v) is 0.498. The molecule has 6 nitrogen and oxygen atoms in total. The highest BCUT2D eigenvalue weighted by Gasteiger charge is 1.93. The molecule has 0 fully saturated rings. The lowest BCUT2D eigenvalue weighted by Crippen LogP contribution is -2.10. The lowest BCUT2D eigenvalue weighted by molar-refractivity contribution is 0.0976. The first-order chi connectivity index (χ1) is 5.15. The minimum Gasteiger partial charge on any atom is -0.394 e. The van der Waals surface area contributed by atoms with Crippen molar-refractivity contribution in [2.75, 3.05) is 26.4 Å². The van der Waals surface area contributed by atoms with Crippen LogP contribution >= 0.6 is 8.25 Å². The summed E-state index contributed by atoms with van der Waals surface area (Å²) in [7, 11) is -2.87. The van der Waals surface area contributed by atoms with E-state index < -0.39 is 8.25 Å². The Labute approximate surface area is 65.6 Å². The first-order valence-electron chi connectivity index (χ1n) is 2.88. The molecule has 0 saturated heterocycles. The SMILES string of the molecule is NCCOCCO.O=[P+](O)O. The predicted molar refractivity (Wildman–Crippen MR) is 39.0 cm³/mol. The van der Waals surface area contributed by atoms with Crippen LogP contribution in [-0.2, 0) is 9.30 Å². The van der Waals surface area contributed by atoms with Crippen LogP contribution in [-0.4, -0.2) is 41.3 Å². The fourth-order valence-corrected chi connectivity index (χ4v) is 0.250. The van der Waals surface area contributed by atoms with Crippen molar-refractivity contribution in [3.63, 3.8) is 0 Å². The maximum Gasteiger partial charge on any atom is 0.692 e. The third-order valence-electron chi connectivity index (χ3n) is 0.498. The summed E-state index contributed by atoms with van der Waals surface area (Å²) in [5.41, 5.74) is 5.06. The van der Waals surface area contributed by atoms with Crippen LogP contribution in [0.1, 0.15) is 0 Å². The molecule has 0 heterocycles. The first kappa shape index (κ1) is 13.5. The quantitative estimate of drug-likeness (QED) is 0.316. The Morgan fingerprint density at radius 3 is 2.09 bits per heavy atom. The van der Waals surface area contributed by atoms with Crippen molar-refractivity contribution in [2.45, 2.75) is 0 Å². The van der Waals surface area contributed by atoms with E-state index in [0.717, 1.165) is 0 Å². The predicted octanol–water partition coefficient (Wildman–Crippen LogP) is -1.42. The number of aliphatic hydroxyl groups excluding tert-OH is 1. The molecular formula is C4H13NO5P+. The van der Waals surface area contributed by atoms with E-state index in [-0.39, 0.29) is 6.61 Å². The molecule has 0 unspecified atom stereocenters. The van der Waals surface area contributed by atoms with Crippen molar-refractivity contribution < 1.29 is 24.2 Å². The zero-order valence-corrected chi connectivity index (χ0v) is 6.91. The molecule has 0 atom stereocenters. The second-order valence-electron chi connectivity index (χ2n) is 1.38. The Bertz CT molecular complexity index is 82.6. The summed E-state index contributed by atoms with van der Waals surface area (Å²) in [5.74, 6) is 0. The Morgan fingerprint density at radius 2 is 1.82 bits per heavy atom. The van der Waals surface area contributed by atoms with Gasteiger partial charge in [-0.15, -0.1) is 9.79 Å². The van der Waals surface area contributed by atoms with E-state index in [0.29, 0.717) is 19.8 Å². The van der Waals surface area contributed by atoms with Gasteiger partial charge in [0.1, 0.15) is 0 Å². The molecule has 0 aliphatic carbocycles. The number of aliphatic hydroxyl groups is 1. The largest absolute Gasteiger partial charge is 0.692 e. The van der Waals surface area contributed by atoms with Crippen LogP contribution in [0.5, 0.6) is 0 Å². The molecule has 0 bridgehead atoms. The van der Waals surface area contributed by atoms with E-state index in [1.165, 1.54) is 0 Å². The first-order valence-corrected chi connectivity index (χ1v) is 4.05. The van der Waals surface area contributed by atoms with Gasteiger partial charge in [-0.05, 0) is 0 Å². The number of hydrogen-bond acceptors (Lipinski definition) is 4. The van der Waals surface area contributed by atoms with Gasteiger partial charge in [-0.25, -0.2) is 0 Å². The second kappa shape index (κ2) is 12.6. The molecule has 7 heteroatoms. The fraction of sp³-hybridized carbons (Fsp3) is 1.00. The van der Waals surface area contributed by atoms with Gasteiger partial charge in [0, 0.05) is 11.1 Å². The monoisotopic (exact) mass is 186 g/mol. The van der Waals surface area contributed by atoms with Gasteiger partial charge in [-0.1, -0.05) is 0 Å². The van der Waals surface area contributed by atoms with Crippen molar-refractivity contribution in [1.82, 2.24) is 0 Å². The molecule has 68 valence electrons. The van der Waals surface area contributed by atoms with Gasteiger partial charge in [0.25, 0.3) is 0 Å². The minimum absolute atomic E-state index is 0.0833. The molecule has 0 radical (unpaired) electrons. The molecule has 0 aromatic rings. The summed E-state index contributed by atoms with van der Waals surface area (Å²) in [6, 6.07) is 0. The maximum absolute atomic E-state index is 8.70. The zero-order valence-electron chi connectivity index (χ0n) is 6.01. The Morgan fingerprint density at radius 1 is 1.36 bits per heavy atom. The molecule has 0 aromatic heterocycles. The zero-order chi connectivity index (χ0) is 9.11. The van der Waals surface area contributed by atoms with E-state index in [9.17, 15) is 0 Å². The highest BCUT2D eigenvalue weighted by atomic mass is 31.1. The number of nitrogens with two attached hydrogens (primary N) is 1. The van der Waals surface area contributed by atoms with Gasteiger partial charge < -0.3 is 15.6 Å². The summed E-state index contributed by atoms with van der Waals surface area (Å²) < 4.78 is 13.5. The van der Waals surface area contributed by atoms with E-state index in [1.807, 2.05) is 0 Å². The van der Waals surface area contributed by atoms with Gasteiger partial charge >= 0.3 is 8.25 Å². The topological polar surface area (TPSA) is 113 Å². The molecular weight excluding hydrogens is 173 g/mol. The van der Waals surface area contributed by atoms with Gasteiger partial charge in [0.05, 0.1) is 19.8 Å². The van der Waals surface area contributed by atoms with Crippen LogP contribution in [0.2, 0.25) is 0 Å². The van der Waals surface area contributed by atoms with Crippen LogP contribution < -0.4 is 5.73 Å². The molecule has 0 aliphatic rings. The highest BCUT2D eigenvalue weighted by molar-refractivity contribution is 7.30. The minimum atomic E-state index is -2.87. The van der Waals surface area contributed by atoms with Crippen LogP contribution in [0.3, 0.4) is 0 Å². The Hall–Kier alpha value is -0.100. The second-order valence-corrected chi connectivity index (χ2v) is 1.88. The number of hydrogen-bond donors (Lipinski definition) is 4. The highest BCUT2D eigenvalue weighted by Crippen LogP contribution is 1.98. The summed E-state index contributed by atoms with van der Waals surface area (Å²) in [5, 5.41) is 8.13. The molecule has 11 heavy (non-hydrogen) atoms. The Kier molecular flexibility index (Phi) is 15.4. The summed E-state index contributed by atoms with van der Waals surface area (Å²) in [6.07, 6.45) is 0. The summed E-state index contributed by atoms with van der Waals surface area (Å²) >= 11 is 0. The van der Waals surface area contributed by atoms with Crippen molar-refractivity contribution >= 4 is 8.25 Å². The molecule has 0 aromatic carbocycles. The lowest BCUT2D eigenvalue weighted by atomic mass is 10.7. The average molecular weight is 186 g/mol. The van der Waals surface area contributed by atoms with E-state index in [4.69, 9.17) is 29.9 Å². The molecule has 0 rings (SSSR count). The molecule has 0 saturated carbocycles. The van der Waals surface area contributed by atoms with E-state index >= 15 is 0 Å². The maximum atomic E-state index is 8.70. The number of rotatable bonds is 4. The van der Waals surface area contributed by atoms with Gasteiger partial charge in [-0.3, -0.25) is 0 Å². The van der Waals surface area contributed by atoms with Crippen LogP contribution in [0.4, 0.5) is 0 Å². The molecule has 0 amide bonds. The van der Waals surface area contributed by atoms with Crippen LogP contribution in [0, 0.1) is 0 Å². The molecule has 0 aliphatic heterocycles. The smallest absolute Gasteiger partial charge is 0.394 e. The van der Waals surface area contributed by atoms with Gasteiger partial charge in [0.2, 0.25) is 0 Å². The van der Waals surface area contributed by atoms with E-state index in [1.54, 1.807) is 0 Å². The molecule has 0 spiro atoms. The fourth-order valence-electron chi connectivity index (χ4n) is 0.250. The molecule has 5 N–H and O–H groups in total. The lowest BCUT2D eigenvalue weighted by Gasteiger charge is -1.95. The van der Waals surface area contributed by atoms with Crippen LogP contribution in [0.15, 0.2) is 0 Å². The van der Waals surface area contributed by atoms with E-state index in [2.05, 4.69) is 0 Å². The van der Waals surface area contributed by atoms with Crippen LogP contribution in [0.25, 0.3) is 0 Å². The van der Waals surface area contributed by atoms with Crippen molar-refractivity contribution in [3.8, 4) is 0 Å².